The van der Waals surface area contributed by atoms with E-state index in [0.29, 0.717) is 6.42 Å². The molecule has 9 heteroatoms. The van der Waals surface area contributed by atoms with Gasteiger partial charge in [-0.25, -0.2) is 0 Å². The first kappa shape index (κ1) is 12.3. The highest BCUT2D eigenvalue weighted by Crippen LogP contribution is 2.16. The second-order valence-electron chi connectivity index (χ2n) is 3.20. The van der Waals surface area contributed by atoms with Crippen LogP contribution in [-0.2, 0) is 16.5 Å². The lowest BCUT2D eigenvalue weighted by molar-refractivity contribution is 0.308. The first-order chi connectivity index (χ1) is 6.77. The standard InChI is InChI=1S/C5H15NO4Si4/c1-14(5-3-2-4-6)9-12-7-11-8-13-10-14/h2-3,5,11-13H2,1H3. The van der Waals surface area contributed by atoms with Gasteiger partial charge in [0.15, 0.2) is 0 Å². The van der Waals surface area contributed by atoms with Crippen molar-refractivity contribution in [3.63, 3.8) is 0 Å². The van der Waals surface area contributed by atoms with Crippen LogP contribution in [0.2, 0.25) is 12.6 Å². The van der Waals surface area contributed by atoms with Gasteiger partial charge < -0.3 is 16.5 Å². The molecule has 5 nitrogen and oxygen atoms in total. The van der Waals surface area contributed by atoms with Crippen molar-refractivity contribution in [2.75, 3.05) is 0 Å². The molecule has 0 N–H and O–H groups in total. The van der Waals surface area contributed by atoms with E-state index in [1.54, 1.807) is 0 Å². The Kier molecular flexibility index (Phi) is 5.82. The second kappa shape index (κ2) is 6.64. The zero-order chi connectivity index (χ0) is 10.3. The monoisotopic (exact) mass is 265 g/mol. The predicted octanol–water partition coefficient (Wildman–Crippen LogP) is -1.56. The molecule has 0 atom stereocenters. The van der Waals surface area contributed by atoms with Gasteiger partial charge in [-0.3, -0.25) is 0 Å². The molecule has 1 heterocycles. The zero-order valence-corrected chi connectivity index (χ0v) is 13.6. The lowest BCUT2D eigenvalue weighted by atomic mass is 10.4. The molecule has 0 bridgehead atoms. The maximum atomic E-state index is 8.44. The van der Waals surface area contributed by atoms with Gasteiger partial charge >= 0.3 is 8.56 Å². The fourth-order valence-electron chi connectivity index (χ4n) is 1.13. The Labute approximate surface area is 92.1 Å². The molecule has 1 aliphatic heterocycles. The third-order valence-electron chi connectivity index (χ3n) is 1.98. The Hall–Kier alpha value is 0.198. The molecule has 1 aliphatic rings. The average Bonchev–Trinajstić information content (AvgIpc) is 2.13. The van der Waals surface area contributed by atoms with E-state index in [4.69, 9.17) is 21.7 Å². The summed E-state index contributed by atoms with van der Waals surface area (Å²) in [7, 11) is -4.54. The number of hydrogen-bond donors (Lipinski definition) is 0. The summed E-state index contributed by atoms with van der Waals surface area (Å²) in [4.78, 5) is 0. The summed E-state index contributed by atoms with van der Waals surface area (Å²) in [6.45, 7) is 2.05. The summed E-state index contributed by atoms with van der Waals surface area (Å²) < 4.78 is 22.1. The number of rotatable bonds is 3. The van der Waals surface area contributed by atoms with Crippen LogP contribution in [0.5, 0.6) is 0 Å². The van der Waals surface area contributed by atoms with Gasteiger partial charge in [0.1, 0.15) is 0 Å². The van der Waals surface area contributed by atoms with Crippen LogP contribution < -0.4 is 0 Å². The normalized spacial score (nSPS) is 34.0. The van der Waals surface area contributed by atoms with E-state index >= 15 is 0 Å². The van der Waals surface area contributed by atoms with Gasteiger partial charge in [-0.15, -0.1) is 0 Å². The first-order valence-electron chi connectivity index (χ1n) is 4.57. The lowest BCUT2D eigenvalue weighted by Gasteiger charge is -2.29. The Balaban J connectivity index is 2.31. The van der Waals surface area contributed by atoms with Crippen molar-refractivity contribution in [1.82, 2.24) is 0 Å². The summed E-state index contributed by atoms with van der Waals surface area (Å²) in [5.74, 6) is 0. The average molecular weight is 266 g/mol. The van der Waals surface area contributed by atoms with Crippen molar-refractivity contribution in [2.45, 2.75) is 25.4 Å². The van der Waals surface area contributed by atoms with E-state index < -0.39 is 38.6 Å². The molecule has 0 saturated carbocycles. The van der Waals surface area contributed by atoms with Gasteiger partial charge in [-0.1, -0.05) is 0 Å². The Morgan fingerprint density at radius 3 is 2.43 bits per heavy atom. The highest BCUT2D eigenvalue weighted by Gasteiger charge is 2.31. The van der Waals surface area contributed by atoms with E-state index in [2.05, 4.69) is 6.07 Å². The second-order valence-corrected chi connectivity index (χ2v) is 12.2. The molecule has 1 fully saturated rings. The van der Waals surface area contributed by atoms with Crippen molar-refractivity contribution in [3.8, 4) is 6.07 Å². The van der Waals surface area contributed by atoms with Crippen molar-refractivity contribution >= 4 is 38.6 Å². The highest BCUT2D eigenvalue weighted by molar-refractivity contribution is 6.74. The molecule has 0 unspecified atom stereocenters. The minimum atomic E-state index is -2.01. The van der Waals surface area contributed by atoms with Crippen molar-refractivity contribution in [2.24, 2.45) is 0 Å². The fourth-order valence-corrected chi connectivity index (χ4v) is 10.4. The molecule has 0 aromatic heterocycles. The van der Waals surface area contributed by atoms with Crippen molar-refractivity contribution in [1.29, 1.82) is 5.26 Å². The zero-order valence-electron chi connectivity index (χ0n) is 8.32. The summed E-state index contributed by atoms with van der Waals surface area (Å²) in [5, 5.41) is 8.44. The summed E-state index contributed by atoms with van der Waals surface area (Å²) in [6.07, 6.45) is 1.44. The quantitative estimate of drug-likeness (QED) is 0.456. The van der Waals surface area contributed by atoms with Crippen LogP contribution in [-0.4, -0.2) is 38.6 Å². The van der Waals surface area contributed by atoms with Gasteiger partial charge in [0.05, 0.1) is 6.07 Å². The predicted molar refractivity (Wildman–Crippen MR) is 61.2 cm³/mol. The summed E-state index contributed by atoms with van der Waals surface area (Å²) in [6, 6.07) is 3.01. The molecule has 0 aromatic rings. The van der Waals surface area contributed by atoms with Gasteiger partial charge in [-0.05, 0) is 19.0 Å². The van der Waals surface area contributed by atoms with E-state index in [-0.39, 0.29) is 0 Å². The molecule has 0 amide bonds. The van der Waals surface area contributed by atoms with Crippen LogP contribution in [0.4, 0.5) is 0 Å². The topological polar surface area (TPSA) is 60.7 Å². The summed E-state index contributed by atoms with van der Waals surface area (Å²) >= 11 is 0. The molecule has 0 radical (unpaired) electrons. The van der Waals surface area contributed by atoms with Crippen LogP contribution in [0.1, 0.15) is 12.8 Å². The molecular formula is C5H15NO4Si4. The van der Waals surface area contributed by atoms with Gasteiger partial charge in [0, 0.05) is 6.42 Å². The largest absolute Gasteiger partial charge is 0.425 e. The molecule has 80 valence electrons. The van der Waals surface area contributed by atoms with Crippen LogP contribution in [0.25, 0.3) is 0 Å². The van der Waals surface area contributed by atoms with Gasteiger partial charge in [0.25, 0.3) is 30.0 Å². The van der Waals surface area contributed by atoms with E-state index in [1.165, 1.54) is 0 Å². The van der Waals surface area contributed by atoms with Crippen LogP contribution >= 0.6 is 0 Å². The molecule has 1 saturated heterocycles. The van der Waals surface area contributed by atoms with Crippen LogP contribution in [0.3, 0.4) is 0 Å². The number of unbranched alkanes of at least 4 members (excludes halogenated alkanes) is 1. The molecule has 0 aromatic carbocycles. The van der Waals surface area contributed by atoms with E-state index in [0.717, 1.165) is 12.5 Å². The van der Waals surface area contributed by atoms with Crippen molar-refractivity contribution < 1.29 is 16.5 Å². The first-order valence-corrected chi connectivity index (χ1v) is 10.6. The van der Waals surface area contributed by atoms with Gasteiger partial charge in [-0.2, -0.15) is 5.26 Å². The van der Waals surface area contributed by atoms with Crippen LogP contribution in [0, 0.1) is 11.3 Å². The smallest absolute Gasteiger partial charge is 0.316 e. The SMILES string of the molecule is C[Si]1(CCCC#N)O[SiH2]O[SiH2]O[SiH2]O1. The molecule has 0 aliphatic carbocycles. The third-order valence-corrected chi connectivity index (χ3v) is 11.7. The minimum absolute atomic E-state index is 0.578. The summed E-state index contributed by atoms with van der Waals surface area (Å²) in [5.41, 5.74) is 0. The minimum Gasteiger partial charge on any atom is -0.425 e. The fraction of sp³-hybridized carbons (Fsp3) is 0.800. The van der Waals surface area contributed by atoms with Crippen LogP contribution in [0.15, 0.2) is 0 Å². The number of nitriles is 1. The Morgan fingerprint density at radius 1 is 1.21 bits per heavy atom. The van der Waals surface area contributed by atoms with Gasteiger partial charge in [0.2, 0.25) is 0 Å². The highest BCUT2D eigenvalue weighted by atomic mass is 28.5. The van der Waals surface area contributed by atoms with E-state index in [9.17, 15) is 0 Å². The molecular weight excluding hydrogens is 250 g/mol. The Bertz CT molecular complexity index is 202. The lowest BCUT2D eigenvalue weighted by Crippen LogP contribution is -2.44. The molecule has 0 spiro atoms. The molecule has 1 rings (SSSR count). The number of nitrogens with zero attached hydrogens (tertiary/aromatic N) is 1. The maximum absolute atomic E-state index is 8.44. The third kappa shape index (κ3) is 4.62. The Morgan fingerprint density at radius 2 is 1.86 bits per heavy atom. The van der Waals surface area contributed by atoms with E-state index in [1.807, 2.05) is 6.55 Å². The maximum Gasteiger partial charge on any atom is 0.316 e. The number of hydrogen-bond acceptors (Lipinski definition) is 5. The molecule has 14 heavy (non-hydrogen) atoms. The van der Waals surface area contributed by atoms with Crippen molar-refractivity contribution in [3.05, 3.63) is 0 Å².